The average molecular weight is 469 g/mol. The molecule has 180 valence electrons. The van der Waals surface area contributed by atoms with E-state index in [9.17, 15) is 0 Å². The van der Waals surface area contributed by atoms with Crippen molar-refractivity contribution in [3.8, 4) is 0 Å². The summed E-state index contributed by atoms with van der Waals surface area (Å²) in [6, 6.07) is 22.6. The van der Waals surface area contributed by atoms with E-state index in [1.54, 1.807) is 0 Å². The summed E-state index contributed by atoms with van der Waals surface area (Å²) in [6.45, 7) is 6.17. The van der Waals surface area contributed by atoms with Crippen molar-refractivity contribution in [3.05, 3.63) is 102 Å². The number of quaternary nitrogens is 1. The Hall–Kier alpha value is -3.29. The molecule has 0 spiro atoms. The van der Waals surface area contributed by atoms with Gasteiger partial charge in [0.15, 0.2) is 11.9 Å². The lowest BCUT2D eigenvalue weighted by molar-refractivity contribution is -0.962. The van der Waals surface area contributed by atoms with E-state index >= 15 is 0 Å². The van der Waals surface area contributed by atoms with Crippen LogP contribution in [0.5, 0.6) is 0 Å². The van der Waals surface area contributed by atoms with Gasteiger partial charge in [0.05, 0.1) is 26.2 Å². The number of hydrogen-bond acceptors (Lipinski definition) is 4. The van der Waals surface area contributed by atoms with Crippen LogP contribution in [0.25, 0.3) is 0 Å². The molecule has 6 rings (SSSR count). The van der Waals surface area contributed by atoms with Crippen LogP contribution in [0.2, 0.25) is 0 Å². The normalized spacial score (nSPS) is 20.3. The van der Waals surface area contributed by atoms with Crippen LogP contribution in [0.1, 0.15) is 47.8 Å². The Balaban J connectivity index is 1.40. The fourth-order valence-electron chi connectivity index (χ4n) is 6.28. The van der Waals surface area contributed by atoms with Gasteiger partial charge >= 0.3 is 0 Å². The summed E-state index contributed by atoms with van der Waals surface area (Å²) in [5.74, 6) is 1.09. The number of benzene rings is 2. The zero-order chi connectivity index (χ0) is 23.5. The van der Waals surface area contributed by atoms with Gasteiger partial charge in [0.1, 0.15) is 12.4 Å². The lowest BCUT2D eigenvalue weighted by Crippen LogP contribution is -2.57. The Kier molecular flexibility index (Phi) is 6.19. The Morgan fingerprint density at radius 3 is 2.46 bits per heavy atom. The molecular weight excluding hydrogens is 434 g/mol. The molecule has 0 saturated carbocycles. The molecule has 35 heavy (non-hydrogen) atoms. The van der Waals surface area contributed by atoms with Crippen LogP contribution in [-0.2, 0) is 13.1 Å². The highest BCUT2D eigenvalue weighted by Crippen LogP contribution is 2.42. The van der Waals surface area contributed by atoms with E-state index in [1.807, 2.05) is 29.5 Å². The first kappa shape index (κ1) is 22.2. The molecule has 7 heteroatoms. The van der Waals surface area contributed by atoms with Gasteiger partial charge in [0, 0.05) is 50.3 Å². The summed E-state index contributed by atoms with van der Waals surface area (Å²) >= 11 is 0. The summed E-state index contributed by atoms with van der Waals surface area (Å²) in [5.41, 5.74) is 3.88. The molecule has 2 aromatic carbocycles. The second-order valence-electron chi connectivity index (χ2n) is 10.1. The molecular formula is C28H34N7+. The molecule has 0 aliphatic carbocycles. The molecule has 0 amide bonds. The third-order valence-electron chi connectivity index (χ3n) is 7.96. The largest absolute Gasteiger partial charge is 0.311 e. The van der Waals surface area contributed by atoms with Crippen molar-refractivity contribution in [3.63, 3.8) is 0 Å². The lowest BCUT2D eigenvalue weighted by atomic mass is 9.96. The monoisotopic (exact) mass is 468 g/mol. The quantitative estimate of drug-likeness (QED) is 0.401. The maximum absolute atomic E-state index is 4.80. The first-order valence-corrected chi connectivity index (χ1v) is 12.9. The standard InChI is InChI=1S/C28H34N7/c1-2-7-23(8-3-1)20-33-22-30-32-28(33)27(35(17-4-5-18-35)26-13-15-29-19-26)25-11-9-24(10-12-25)21-34-16-6-14-31-34/h1-3,6-12,14,16,22,26-27,29H,4-5,13,15,17-21H2/q+1. The van der Waals surface area contributed by atoms with Crippen LogP contribution in [0, 0.1) is 0 Å². The molecule has 2 atom stereocenters. The number of nitrogens with one attached hydrogen (secondary N) is 1. The van der Waals surface area contributed by atoms with Crippen LogP contribution in [0.15, 0.2) is 79.4 Å². The number of nitrogens with zero attached hydrogens (tertiary/aromatic N) is 6. The van der Waals surface area contributed by atoms with E-state index in [2.05, 4.69) is 74.7 Å². The van der Waals surface area contributed by atoms with Gasteiger partial charge in [-0.3, -0.25) is 4.68 Å². The predicted octanol–water partition coefficient (Wildman–Crippen LogP) is 3.63. The Morgan fingerprint density at radius 1 is 0.943 bits per heavy atom. The number of aromatic nitrogens is 5. The van der Waals surface area contributed by atoms with Gasteiger partial charge < -0.3 is 14.4 Å². The molecule has 2 unspecified atom stereocenters. The molecule has 2 saturated heterocycles. The van der Waals surface area contributed by atoms with Crippen LogP contribution in [0.3, 0.4) is 0 Å². The maximum Gasteiger partial charge on any atom is 0.196 e. The fourth-order valence-corrected chi connectivity index (χ4v) is 6.28. The lowest BCUT2D eigenvalue weighted by Gasteiger charge is -2.45. The molecule has 2 fully saturated rings. The zero-order valence-electron chi connectivity index (χ0n) is 20.2. The van der Waals surface area contributed by atoms with E-state index in [-0.39, 0.29) is 6.04 Å². The minimum Gasteiger partial charge on any atom is -0.311 e. The zero-order valence-corrected chi connectivity index (χ0v) is 20.2. The van der Waals surface area contributed by atoms with Crippen LogP contribution >= 0.6 is 0 Å². The number of likely N-dealkylation sites (tertiary alicyclic amines) is 1. The first-order chi connectivity index (χ1) is 17.3. The van der Waals surface area contributed by atoms with E-state index in [1.165, 1.54) is 49.0 Å². The number of hydrogen-bond donors (Lipinski definition) is 1. The second-order valence-corrected chi connectivity index (χ2v) is 10.1. The molecule has 0 bridgehead atoms. The third-order valence-corrected chi connectivity index (χ3v) is 7.96. The summed E-state index contributed by atoms with van der Waals surface area (Å²) in [6.07, 6.45) is 9.54. The molecule has 0 radical (unpaired) electrons. The highest BCUT2D eigenvalue weighted by atomic mass is 15.5. The molecule has 7 nitrogen and oxygen atoms in total. The van der Waals surface area contributed by atoms with Crippen molar-refractivity contribution in [2.45, 2.75) is 44.4 Å². The van der Waals surface area contributed by atoms with Gasteiger partial charge in [-0.25, -0.2) is 0 Å². The predicted molar refractivity (Wildman–Crippen MR) is 136 cm³/mol. The average Bonchev–Trinajstić information content (AvgIpc) is 3.70. The molecule has 4 heterocycles. The maximum atomic E-state index is 4.80. The molecule has 2 aliphatic heterocycles. The Labute approximate surface area is 207 Å². The molecule has 2 aromatic heterocycles. The third kappa shape index (κ3) is 4.42. The highest BCUT2D eigenvalue weighted by Gasteiger charge is 2.50. The molecule has 4 aromatic rings. The summed E-state index contributed by atoms with van der Waals surface area (Å²) in [4.78, 5) is 0. The Bertz CT molecular complexity index is 1200. The van der Waals surface area contributed by atoms with Crippen molar-refractivity contribution in [2.75, 3.05) is 26.2 Å². The van der Waals surface area contributed by atoms with E-state index in [0.717, 1.165) is 36.5 Å². The molecule has 1 N–H and O–H groups in total. The fraction of sp³-hybridized carbons (Fsp3) is 0.393. The van der Waals surface area contributed by atoms with Crippen molar-refractivity contribution >= 4 is 0 Å². The van der Waals surface area contributed by atoms with Gasteiger partial charge in [-0.15, -0.1) is 10.2 Å². The van der Waals surface area contributed by atoms with Gasteiger partial charge in [-0.1, -0.05) is 54.6 Å². The summed E-state index contributed by atoms with van der Waals surface area (Å²) in [7, 11) is 0. The Morgan fingerprint density at radius 2 is 1.74 bits per heavy atom. The minimum absolute atomic E-state index is 0.173. The van der Waals surface area contributed by atoms with Gasteiger partial charge in [0.25, 0.3) is 0 Å². The minimum atomic E-state index is 0.173. The van der Waals surface area contributed by atoms with Gasteiger partial charge in [-0.2, -0.15) is 5.10 Å². The first-order valence-electron chi connectivity index (χ1n) is 12.9. The van der Waals surface area contributed by atoms with E-state index < -0.39 is 0 Å². The highest BCUT2D eigenvalue weighted by molar-refractivity contribution is 5.28. The van der Waals surface area contributed by atoms with Crippen molar-refractivity contribution < 1.29 is 4.48 Å². The summed E-state index contributed by atoms with van der Waals surface area (Å²) in [5, 5.41) is 17.3. The van der Waals surface area contributed by atoms with E-state index in [0.29, 0.717) is 6.04 Å². The van der Waals surface area contributed by atoms with Crippen LogP contribution in [-0.4, -0.2) is 61.2 Å². The SMILES string of the molecule is c1ccc(Cn2cnnc2C(c2ccc(Cn3cccn3)cc2)[N+]2(C3CCNC3)CCCC2)cc1. The van der Waals surface area contributed by atoms with E-state index in [4.69, 9.17) is 5.10 Å². The summed E-state index contributed by atoms with van der Waals surface area (Å²) < 4.78 is 5.33. The number of rotatable bonds is 8. The second kappa shape index (κ2) is 9.76. The van der Waals surface area contributed by atoms with Crippen molar-refractivity contribution in [2.24, 2.45) is 0 Å². The molecule has 2 aliphatic rings. The topological polar surface area (TPSA) is 60.6 Å². The smallest absolute Gasteiger partial charge is 0.196 e. The van der Waals surface area contributed by atoms with Crippen LogP contribution in [0.4, 0.5) is 0 Å². The van der Waals surface area contributed by atoms with Crippen LogP contribution < -0.4 is 5.32 Å². The van der Waals surface area contributed by atoms with Crippen molar-refractivity contribution in [1.82, 2.24) is 29.9 Å². The van der Waals surface area contributed by atoms with Crippen molar-refractivity contribution in [1.29, 1.82) is 0 Å². The van der Waals surface area contributed by atoms with Gasteiger partial charge in [-0.05, 0) is 17.2 Å². The van der Waals surface area contributed by atoms with Gasteiger partial charge in [0.2, 0.25) is 0 Å².